The van der Waals surface area contributed by atoms with Crippen molar-refractivity contribution in [3.63, 3.8) is 0 Å². The topological polar surface area (TPSA) is 144 Å². The maximum Gasteiger partial charge on any atom is 0.257 e. The van der Waals surface area contributed by atoms with E-state index >= 15 is 0 Å². The van der Waals surface area contributed by atoms with Gasteiger partial charge in [-0.05, 0) is 84.5 Å². The van der Waals surface area contributed by atoms with Gasteiger partial charge in [-0.25, -0.2) is 0 Å². The lowest BCUT2D eigenvalue weighted by atomic mass is 9.72. The molecule has 234 valence electrons. The lowest BCUT2D eigenvalue weighted by molar-refractivity contribution is 0.0983. The van der Waals surface area contributed by atoms with E-state index in [4.69, 9.17) is 11.5 Å². The third-order valence-corrected chi connectivity index (χ3v) is 11.7. The predicted molar refractivity (Wildman–Crippen MR) is 178 cm³/mol. The number of rotatable bonds is 6. The fourth-order valence-electron chi connectivity index (χ4n) is 6.57. The summed E-state index contributed by atoms with van der Waals surface area (Å²) in [5.74, 6) is -1.28. The van der Waals surface area contributed by atoms with E-state index in [0.29, 0.717) is 33.0 Å². The number of hydrogen-bond donors (Lipinski definition) is 4. The number of benzene rings is 1. The zero-order valence-corrected chi connectivity index (χ0v) is 27.9. The predicted octanol–water partition coefficient (Wildman–Crippen LogP) is 6.81. The van der Waals surface area contributed by atoms with Crippen LogP contribution in [0.25, 0.3) is 0 Å². The minimum atomic E-state index is -0.577. The van der Waals surface area contributed by atoms with Gasteiger partial charge in [-0.2, -0.15) is 0 Å². The molecule has 4 amide bonds. The first kappa shape index (κ1) is 31.9. The van der Waals surface area contributed by atoms with Gasteiger partial charge in [0.15, 0.2) is 0 Å². The lowest BCUT2D eigenvalue weighted by Gasteiger charge is -2.33. The van der Waals surface area contributed by atoms with Crippen molar-refractivity contribution in [2.45, 2.75) is 80.1 Å². The van der Waals surface area contributed by atoms with Crippen molar-refractivity contribution >= 4 is 56.3 Å². The summed E-state index contributed by atoms with van der Waals surface area (Å²) in [6.07, 6.45) is 4.99. The van der Waals surface area contributed by atoms with E-state index in [1.165, 1.54) is 22.7 Å². The molecule has 6 N–H and O–H groups in total. The Morgan fingerprint density at radius 2 is 1.05 bits per heavy atom. The summed E-state index contributed by atoms with van der Waals surface area (Å²) in [4.78, 5) is 54.6. The summed E-state index contributed by atoms with van der Waals surface area (Å²) in [5.41, 5.74) is 14.7. The Balaban J connectivity index is 1.41. The monoisotopic (exact) mass is 634 g/mol. The van der Waals surface area contributed by atoms with Gasteiger partial charge in [-0.1, -0.05) is 53.7 Å². The zero-order valence-electron chi connectivity index (χ0n) is 26.3. The van der Waals surface area contributed by atoms with Gasteiger partial charge in [0, 0.05) is 9.75 Å². The fourth-order valence-corrected chi connectivity index (χ4v) is 9.22. The van der Waals surface area contributed by atoms with Crippen LogP contribution >= 0.6 is 22.7 Å². The van der Waals surface area contributed by atoms with E-state index in [9.17, 15) is 19.2 Å². The summed E-state index contributed by atoms with van der Waals surface area (Å²) >= 11 is 2.78. The first-order chi connectivity index (χ1) is 20.6. The van der Waals surface area contributed by atoms with Crippen LogP contribution in [-0.4, -0.2) is 23.6 Å². The van der Waals surface area contributed by atoms with Crippen LogP contribution in [0.2, 0.25) is 0 Å². The van der Waals surface area contributed by atoms with Gasteiger partial charge < -0.3 is 22.1 Å². The largest absolute Gasteiger partial charge is 0.365 e. The number of fused-ring (bicyclic) bond motifs is 2. The zero-order chi connectivity index (χ0) is 32.1. The molecule has 0 radical (unpaired) electrons. The summed E-state index contributed by atoms with van der Waals surface area (Å²) in [6, 6.07) is 6.50. The molecule has 0 saturated carbocycles. The van der Waals surface area contributed by atoms with E-state index < -0.39 is 23.6 Å². The number of hydrogen-bond acceptors (Lipinski definition) is 6. The number of primary amides is 2. The minimum absolute atomic E-state index is 0.120. The van der Waals surface area contributed by atoms with E-state index in [1.54, 1.807) is 24.3 Å². The van der Waals surface area contributed by atoms with E-state index in [-0.39, 0.29) is 22.0 Å². The van der Waals surface area contributed by atoms with Gasteiger partial charge in [0.05, 0.1) is 22.3 Å². The third-order valence-electron chi connectivity index (χ3n) is 9.34. The molecule has 1 aromatic carbocycles. The van der Waals surface area contributed by atoms with Crippen molar-refractivity contribution in [3.8, 4) is 0 Å². The van der Waals surface area contributed by atoms with Gasteiger partial charge >= 0.3 is 0 Å². The Labute approximate surface area is 267 Å². The molecule has 8 nitrogen and oxygen atoms in total. The number of amides is 4. The van der Waals surface area contributed by atoms with Crippen LogP contribution in [0.1, 0.15) is 117 Å². The van der Waals surface area contributed by atoms with Crippen molar-refractivity contribution in [1.29, 1.82) is 0 Å². The second kappa shape index (κ2) is 11.8. The molecule has 10 heteroatoms. The van der Waals surface area contributed by atoms with Crippen molar-refractivity contribution in [1.82, 2.24) is 0 Å². The van der Waals surface area contributed by atoms with Crippen molar-refractivity contribution in [3.05, 3.63) is 67.4 Å². The van der Waals surface area contributed by atoms with E-state index in [0.717, 1.165) is 59.4 Å². The Morgan fingerprint density at radius 3 is 1.36 bits per heavy atom. The number of thiophene rings is 2. The molecule has 0 fully saturated rings. The van der Waals surface area contributed by atoms with Gasteiger partial charge in [0.2, 0.25) is 0 Å². The minimum Gasteiger partial charge on any atom is -0.365 e. The molecular formula is C34H42N4O4S2. The smallest absolute Gasteiger partial charge is 0.257 e. The first-order valence-corrected chi connectivity index (χ1v) is 16.8. The van der Waals surface area contributed by atoms with Crippen LogP contribution < -0.4 is 22.1 Å². The van der Waals surface area contributed by atoms with Crippen LogP contribution in [0.4, 0.5) is 10.0 Å². The number of nitrogens with two attached hydrogens (primary N) is 2. The Kier molecular flexibility index (Phi) is 8.54. The first-order valence-electron chi connectivity index (χ1n) is 15.2. The number of nitrogens with one attached hydrogen (secondary N) is 2. The Bertz CT molecular complexity index is 1530. The van der Waals surface area contributed by atoms with Gasteiger partial charge in [-0.3, -0.25) is 19.2 Å². The summed E-state index contributed by atoms with van der Waals surface area (Å²) in [5, 5.41) is 6.61. The molecular weight excluding hydrogens is 593 g/mol. The highest BCUT2D eigenvalue weighted by atomic mass is 32.1. The molecule has 5 rings (SSSR count). The standard InChI is InChI=1S/C34H42N4O4S2/c1-33(2,3)17-11-13-21-23(15-17)43-31(25(21)27(35)39)37-29(41)19-9-7-8-10-20(19)30(42)38-32-26(28(36)40)22-14-12-18(34(4,5)6)16-24(22)44-32/h7-10,17-18H,11-16H2,1-6H3,(H2,35,39)(H2,36,40)(H,37,41)(H,38,42). The molecule has 2 aliphatic rings. The Morgan fingerprint density at radius 1 is 0.682 bits per heavy atom. The number of carbonyl (C=O) groups excluding carboxylic acids is 4. The van der Waals surface area contributed by atoms with Gasteiger partial charge in [0.25, 0.3) is 23.6 Å². The van der Waals surface area contributed by atoms with Crippen molar-refractivity contribution in [2.75, 3.05) is 10.6 Å². The molecule has 44 heavy (non-hydrogen) atoms. The molecule has 0 bridgehead atoms. The van der Waals surface area contributed by atoms with E-state index in [2.05, 4.69) is 52.2 Å². The molecule has 2 aromatic heterocycles. The maximum absolute atomic E-state index is 13.7. The second-order valence-corrected chi connectivity index (χ2v) is 16.4. The molecule has 2 heterocycles. The van der Waals surface area contributed by atoms with Crippen LogP contribution in [0, 0.1) is 22.7 Å². The van der Waals surface area contributed by atoms with Crippen molar-refractivity contribution in [2.24, 2.45) is 34.1 Å². The van der Waals surface area contributed by atoms with Gasteiger partial charge in [-0.15, -0.1) is 22.7 Å². The number of carbonyl (C=O) groups is 4. The molecule has 0 aliphatic heterocycles. The lowest BCUT2D eigenvalue weighted by Crippen LogP contribution is -2.27. The normalized spacial score (nSPS) is 18.2. The third kappa shape index (κ3) is 6.19. The number of anilines is 2. The average molecular weight is 635 g/mol. The molecule has 0 spiro atoms. The van der Waals surface area contributed by atoms with E-state index in [1.807, 2.05) is 0 Å². The van der Waals surface area contributed by atoms with Crippen LogP contribution in [-0.2, 0) is 25.7 Å². The van der Waals surface area contributed by atoms with Crippen molar-refractivity contribution < 1.29 is 19.2 Å². The molecule has 0 saturated heterocycles. The average Bonchev–Trinajstić information content (AvgIpc) is 3.48. The van der Waals surface area contributed by atoms with Crippen LogP contribution in [0.5, 0.6) is 0 Å². The second-order valence-electron chi connectivity index (χ2n) is 14.2. The Hall–Kier alpha value is -3.50. The van der Waals surface area contributed by atoms with Crippen LogP contribution in [0.15, 0.2) is 24.3 Å². The summed E-state index contributed by atoms with van der Waals surface area (Å²) < 4.78 is 0. The fraction of sp³-hybridized carbons (Fsp3) is 0.471. The summed E-state index contributed by atoms with van der Waals surface area (Å²) in [7, 11) is 0. The highest BCUT2D eigenvalue weighted by Gasteiger charge is 2.35. The molecule has 3 aromatic rings. The molecule has 2 unspecified atom stereocenters. The van der Waals surface area contributed by atoms with Gasteiger partial charge in [0.1, 0.15) is 10.0 Å². The highest BCUT2D eigenvalue weighted by Crippen LogP contribution is 2.45. The summed E-state index contributed by atoms with van der Waals surface area (Å²) in [6.45, 7) is 13.3. The highest BCUT2D eigenvalue weighted by molar-refractivity contribution is 7.17. The quantitative estimate of drug-likeness (QED) is 0.236. The molecule has 2 aliphatic carbocycles. The molecule has 2 atom stereocenters. The van der Waals surface area contributed by atoms with Crippen LogP contribution in [0.3, 0.4) is 0 Å². The SMILES string of the molecule is CC(C)(C)C1CCc2c(sc(NC(=O)c3ccccc3C(=O)Nc3sc4c(c3C(N)=O)CCC(C(C)(C)C)C4)c2C(N)=O)C1. The maximum atomic E-state index is 13.7.